The summed E-state index contributed by atoms with van der Waals surface area (Å²) in [6.45, 7) is 5.60. The van der Waals surface area contributed by atoms with Crippen LogP contribution in [0, 0.1) is 12.8 Å². The van der Waals surface area contributed by atoms with E-state index in [2.05, 4.69) is 35.0 Å². The van der Waals surface area contributed by atoms with Crippen LogP contribution >= 0.6 is 11.6 Å². The second-order valence-electron chi connectivity index (χ2n) is 5.64. The Kier molecular flexibility index (Phi) is 3.61. The number of nitrogens with zero attached hydrogens (tertiary/aromatic N) is 3. The molecule has 2 aromatic heterocycles. The van der Waals surface area contributed by atoms with Gasteiger partial charge in [-0.2, -0.15) is 5.10 Å². The predicted molar refractivity (Wildman–Crippen MR) is 80.8 cm³/mol. The largest absolute Gasteiger partial charge is 0.348 e. The van der Waals surface area contributed by atoms with Crippen LogP contribution in [0.1, 0.15) is 42.8 Å². The molecule has 3 rings (SSSR count). The summed E-state index contributed by atoms with van der Waals surface area (Å²) in [6, 6.07) is 2.31. The first-order valence-electron chi connectivity index (χ1n) is 7.23. The Morgan fingerprint density at radius 3 is 2.90 bits per heavy atom. The number of halogens is 1. The highest BCUT2D eigenvalue weighted by molar-refractivity contribution is 6.31. The van der Waals surface area contributed by atoms with Gasteiger partial charge in [0.2, 0.25) is 0 Å². The van der Waals surface area contributed by atoms with Crippen molar-refractivity contribution in [3.05, 3.63) is 40.4 Å². The van der Waals surface area contributed by atoms with Gasteiger partial charge in [0.1, 0.15) is 0 Å². The van der Waals surface area contributed by atoms with Gasteiger partial charge in [-0.25, -0.2) is 0 Å². The van der Waals surface area contributed by atoms with Gasteiger partial charge >= 0.3 is 0 Å². The average molecular weight is 293 g/mol. The van der Waals surface area contributed by atoms with E-state index in [4.69, 9.17) is 17.3 Å². The van der Waals surface area contributed by atoms with Crippen molar-refractivity contribution in [2.24, 2.45) is 11.7 Å². The summed E-state index contributed by atoms with van der Waals surface area (Å²) in [6.07, 6.45) is 6.75. The van der Waals surface area contributed by atoms with Crippen LogP contribution in [-0.2, 0) is 13.1 Å². The van der Waals surface area contributed by atoms with Crippen molar-refractivity contribution in [3.8, 4) is 0 Å². The second-order valence-corrected chi connectivity index (χ2v) is 6.02. The third-order valence-corrected chi connectivity index (χ3v) is 4.56. The molecule has 2 heterocycles. The van der Waals surface area contributed by atoms with Crippen LogP contribution in [0.15, 0.2) is 18.5 Å². The van der Waals surface area contributed by atoms with Crippen molar-refractivity contribution < 1.29 is 0 Å². The first-order chi connectivity index (χ1) is 9.60. The lowest BCUT2D eigenvalue weighted by molar-refractivity contribution is 0.595. The van der Waals surface area contributed by atoms with Crippen LogP contribution in [0.25, 0.3) is 0 Å². The molecular formula is C15H21ClN4. The van der Waals surface area contributed by atoms with E-state index < -0.39 is 0 Å². The number of aromatic nitrogens is 3. The number of hydrogen-bond acceptors (Lipinski definition) is 2. The number of aryl methyl sites for hydroxylation is 2. The van der Waals surface area contributed by atoms with E-state index in [-0.39, 0.29) is 6.04 Å². The smallest absolute Gasteiger partial charge is 0.0865 e. The van der Waals surface area contributed by atoms with Crippen molar-refractivity contribution in [3.63, 3.8) is 0 Å². The molecule has 20 heavy (non-hydrogen) atoms. The van der Waals surface area contributed by atoms with Crippen molar-refractivity contribution in [1.82, 2.24) is 14.3 Å². The lowest BCUT2D eigenvalue weighted by atomic mass is 10.1. The molecule has 1 fully saturated rings. The quantitative estimate of drug-likeness (QED) is 0.920. The standard InChI is InChI=1S/C15H21ClN4/c1-3-20-13(14(16)10(2)18-20)9-19-7-6-12(8-19)15(17)11-4-5-11/h6-8,11,15H,3-5,9,17H2,1-2H3. The highest BCUT2D eigenvalue weighted by atomic mass is 35.5. The molecule has 2 aromatic rings. The Morgan fingerprint density at radius 1 is 1.50 bits per heavy atom. The minimum atomic E-state index is 0.185. The van der Waals surface area contributed by atoms with Gasteiger partial charge in [-0.3, -0.25) is 4.68 Å². The Balaban J connectivity index is 1.81. The monoisotopic (exact) mass is 292 g/mol. The maximum Gasteiger partial charge on any atom is 0.0865 e. The second kappa shape index (κ2) is 5.26. The Morgan fingerprint density at radius 2 is 2.25 bits per heavy atom. The molecule has 108 valence electrons. The zero-order valence-corrected chi connectivity index (χ0v) is 12.8. The molecule has 2 N–H and O–H groups in total. The Hall–Kier alpha value is -1.26. The summed E-state index contributed by atoms with van der Waals surface area (Å²) in [4.78, 5) is 0. The van der Waals surface area contributed by atoms with Crippen LogP contribution < -0.4 is 5.73 Å². The Labute approximate surface area is 124 Å². The normalized spacial score (nSPS) is 16.6. The fourth-order valence-electron chi connectivity index (χ4n) is 2.68. The molecule has 0 amide bonds. The van der Waals surface area contributed by atoms with Gasteiger partial charge in [0.15, 0.2) is 0 Å². The molecule has 5 heteroatoms. The topological polar surface area (TPSA) is 48.8 Å². The minimum Gasteiger partial charge on any atom is -0.348 e. The molecule has 0 aliphatic heterocycles. The molecule has 1 unspecified atom stereocenters. The summed E-state index contributed by atoms with van der Waals surface area (Å²) in [5.74, 6) is 0.679. The van der Waals surface area contributed by atoms with Gasteiger partial charge in [-0.05, 0) is 44.2 Å². The number of rotatable bonds is 5. The number of hydrogen-bond donors (Lipinski definition) is 1. The first kappa shape index (κ1) is 13.7. The molecule has 4 nitrogen and oxygen atoms in total. The van der Waals surface area contributed by atoms with E-state index in [9.17, 15) is 0 Å². The van der Waals surface area contributed by atoms with Crippen LogP contribution in [0.4, 0.5) is 0 Å². The molecule has 0 bridgehead atoms. The molecule has 1 aliphatic rings. The van der Waals surface area contributed by atoms with Crippen molar-refractivity contribution in [1.29, 1.82) is 0 Å². The van der Waals surface area contributed by atoms with E-state index in [1.807, 2.05) is 11.6 Å². The lowest BCUT2D eigenvalue weighted by Gasteiger charge is -2.08. The van der Waals surface area contributed by atoms with Crippen molar-refractivity contribution >= 4 is 11.6 Å². The molecule has 0 spiro atoms. The third-order valence-electron chi connectivity index (χ3n) is 4.07. The summed E-state index contributed by atoms with van der Waals surface area (Å²) in [5.41, 5.74) is 9.42. The maximum atomic E-state index is 6.35. The van der Waals surface area contributed by atoms with Gasteiger partial charge in [-0.1, -0.05) is 11.6 Å². The van der Waals surface area contributed by atoms with Crippen molar-refractivity contribution in [2.75, 3.05) is 0 Å². The summed E-state index contributed by atoms with van der Waals surface area (Å²) >= 11 is 6.35. The van der Waals surface area contributed by atoms with E-state index >= 15 is 0 Å². The third kappa shape index (κ3) is 2.50. The fraction of sp³-hybridized carbons (Fsp3) is 0.533. The molecule has 0 saturated heterocycles. The van der Waals surface area contributed by atoms with Crippen molar-refractivity contribution in [2.45, 2.75) is 45.8 Å². The van der Waals surface area contributed by atoms with Crippen LogP contribution in [0.3, 0.4) is 0 Å². The summed E-state index contributed by atoms with van der Waals surface area (Å²) in [7, 11) is 0. The van der Waals surface area contributed by atoms with E-state index in [0.717, 1.165) is 29.5 Å². The average Bonchev–Trinajstić information content (AvgIpc) is 3.13. The van der Waals surface area contributed by atoms with Crippen LogP contribution in [0.2, 0.25) is 5.02 Å². The van der Waals surface area contributed by atoms with Gasteiger partial charge in [0.25, 0.3) is 0 Å². The SMILES string of the molecule is CCn1nc(C)c(Cl)c1Cn1ccc(C(N)C2CC2)c1. The minimum absolute atomic E-state index is 0.185. The molecule has 0 radical (unpaired) electrons. The summed E-state index contributed by atoms with van der Waals surface area (Å²) < 4.78 is 4.12. The lowest BCUT2D eigenvalue weighted by Crippen LogP contribution is -2.11. The van der Waals surface area contributed by atoms with E-state index in [0.29, 0.717) is 5.92 Å². The van der Waals surface area contributed by atoms with Gasteiger partial charge < -0.3 is 10.3 Å². The predicted octanol–water partition coefficient (Wildman–Crippen LogP) is 3.12. The molecule has 1 saturated carbocycles. The fourth-order valence-corrected chi connectivity index (χ4v) is 2.87. The van der Waals surface area contributed by atoms with E-state index in [1.165, 1.54) is 18.4 Å². The highest BCUT2D eigenvalue weighted by Crippen LogP contribution is 2.39. The molecule has 0 aromatic carbocycles. The molecule has 1 atom stereocenters. The zero-order chi connectivity index (χ0) is 14.3. The molecule has 1 aliphatic carbocycles. The number of nitrogens with two attached hydrogens (primary N) is 1. The summed E-state index contributed by atoms with van der Waals surface area (Å²) in [5, 5.41) is 5.22. The zero-order valence-electron chi connectivity index (χ0n) is 12.0. The van der Waals surface area contributed by atoms with Gasteiger partial charge in [0, 0.05) is 25.0 Å². The molecular weight excluding hydrogens is 272 g/mol. The highest BCUT2D eigenvalue weighted by Gasteiger charge is 2.29. The van der Waals surface area contributed by atoms with Gasteiger partial charge in [0.05, 0.1) is 23.0 Å². The van der Waals surface area contributed by atoms with Crippen LogP contribution in [0.5, 0.6) is 0 Å². The van der Waals surface area contributed by atoms with Crippen LogP contribution in [-0.4, -0.2) is 14.3 Å². The maximum absolute atomic E-state index is 6.35. The van der Waals surface area contributed by atoms with Gasteiger partial charge in [-0.15, -0.1) is 0 Å². The first-order valence-corrected chi connectivity index (χ1v) is 7.61. The Bertz CT molecular complexity index is 609. The van der Waals surface area contributed by atoms with E-state index in [1.54, 1.807) is 0 Å².